The van der Waals surface area contributed by atoms with Crippen molar-refractivity contribution >= 4 is 28.9 Å². The number of hydrogen-bond donors (Lipinski definition) is 3. The molecule has 0 spiro atoms. The lowest BCUT2D eigenvalue weighted by molar-refractivity contribution is -0.114. The molecule has 2 amide bonds. The molecule has 0 bridgehead atoms. The lowest BCUT2D eigenvalue weighted by atomic mass is 10.1. The molecule has 1 aromatic heterocycles. The number of hydrogen-bond acceptors (Lipinski definition) is 4. The Hall–Kier alpha value is -2.89. The zero-order valence-electron chi connectivity index (χ0n) is 15.6. The van der Waals surface area contributed by atoms with Crippen LogP contribution in [0.5, 0.6) is 0 Å². The monoisotopic (exact) mass is 366 g/mol. The van der Waals surface area contributed by atoms with E-state index in [0.717, 1.165) is 24.2 Å². The normalized spacial score (nSPS) is 14.9. The number of benzene rings is 1. The second-order valence-corrected chi connectivity index (χ2v) is 7.01. The highest BCUT2D eigenvalue weighted by Crippen LogP contribution is 2.21. The van der Waals surface area contributed by atoms with Crippen LogP contribution in [0, 0.1) is 0 Å². The Kier molecular flexibility index (Phi) is 6.41. The Morgan fingerprint density at radius 1 is 0.963 bits per heavy atom. The SMILES string of the molecule is CC(=O)Nc1cccc(Nc2cncc(C(=O)NC3CCCCCC3)c2)c1. The summed E-state index contributed by atoms with van der Waals surface area (Å²) in [6.07, 6.45) is 10.2. The van der Waals surface area contributed by atoms with Crippen molar-refractivity contribution in [3.8, 4) is 0 Å². The van der Waals surface area contributed by atoms with Gasteiger partial charge in [0.2, 0.25) is 5.91 Å². The minimum absolute atomic E-state index is 0.0787. The van der Waals surface area contributed by atoms with Gasteiger partial charge in [0.05, 0.1) is 17.4 Å². The summed E-state index contributed by atoms with van der Waals surface area (Å²) in [5, 5.41) is 9.13. The average molecular weight is 366 g/mol. The minimum atomic E-state index is -0.119. The van der Waals surface area contributed by atoms with Gasteiger partial charge in [0.15, 0.2) is 0 Å². The van der Waals surface area contributed by atoms with Crippen molar-refractivity contribution in [3.63, 3.8) is 0 Å². The van der Waals surface area contributed by atoms with Gasteiger partial charge in [-0.3, -0.25) is 14.6 Å². The number of nitrogens with zero attached hydrogens (tertiary/aromatic N) is 1. The summed E-state index contributed by atoms with van der Waals surface area (Å²) in [7, 11) is 0. The van der Waals surface area contributed by atoms with Crippen molar-refractivity contribution in [2.75, 3.05) is 10.6 Å². The number of pyridine rings is 1. The number of nitrogens with one attached hydrogen (secondary N) is 3. The highest BCUT2D eigenvalue weighted by Gasteiger charge is 2.16. The molecule has 0 aliphatic heterocycles. The largest absolute Gasteiger partial charge is 0.354 e. The molecule has 0 radical (unpaired) electrons. The Balaban J connectivity index is 1.66. The molecule has 1 saturated carbocycles. The zero-order chi connectivity index (χ0) is 19.1. The summed E-state index contributed by atoms with van der Waals surface area (Å²) in [5.41, 5.74) is 2.79. The lowest BCUT2D eigenvalue weighted by Crippen LogP contribution is -2.34. The van der Waals surface area contributed by atoms with Gasteiger partial charge in [-0.15, -0.1) is 0 Å². The first-order chi connectivity index (χ1) is 13.1. The van der Waals surface area contributed by atoms with E-state index < -0.39 is 0 Å². The molecule has 0 saturated heterocycles. The molecule has 1 heterocycles. The van der Waals surface area contributed by atoms with Gasteiger partial charge in [-0.05, 0) is 37.1 Å². The van der Waals surface area contributed by atoms with Crippen LogP contribution in [0.3, 0.4) is 0 Å². The van der Waals surface area contributed by atoms with Gasteiger partial charge in [-0.25, -0.2) is 0 Å². The maximum Gasteiger partial charge on any atom is 0.253 e. The van der Waals surface area contributed by atoms with Gasteiger partial charge in [0.1, 0.15) is 0 Å². The second-order valence-electron chi connectivity index (χ2n) is 7.01. The number of rotatable bonds is 5. The van der Waals surface area contributed by atoms with Crippen molar-refractivity contribution in [3.05, 3.63) is 48.3 Å². The number of carbonyl (C=O) groups excluding carboxylic acids is 2. The van der Waals surface area contributed by atoms with Crippen LogP contribution < -0.4 is 16.0 Å². The smallest absolute Gasteiger partial charge is 0.253 e. The average Bonchev–Trinajstić information content (AvgIpc) is 2.90. The highest BCUT2D eigenvalue weighted by molar-refractivity contribution is 5.95. The van der Waals surface area contributed by atoms with Crippen molar-refractivity contribution in [1.29, 1.82) is 0 Å². The Bertz CT molecular complexity index is 798. The van der Waals surface area contributed by atoms with E-state index >= 15 is 0 Å². The van der Waals surface area contributed by atoms with Crippen LogP contribution in [-0.2, 0) is 4.79 Å². The van der Waals surface area contributed by atoms with Gasteiger partial charge >= 0.3 is 0 Å². The van der Waals surface area contributed by atoms with E-state index in [1.165, 1.54) is 32.6 Å². The molecule has 2 aromatic rings. The number of aromatic nitrogens is 1. The number of anilines is 3. The topological polar surface area (TPSA) is 83.1 Å². The Labute approximate surface area is 159 Å². The Morgan fingerprint density at radius 3 is 2.44 bits per heavy atom. The maximum atomic E-state index is 12.6. The summed E-state index contributed by atoms with van der Waals surface area (Å²) in [4.78, 5) is 28.0. The van der Waals surface area contributed by atoms with Crippen LogP contribution in [0.4, 0.5) is 17.1 Å². The van der Waals surface area contributed by atoms with Gasteiger partial charge in [-0.1, -0.05) is 31.7 Å². The summed E-state index contributed by atoms with van der Waals surface area (Å²) in [6.45, 7) is 1.47. The quantitative estimate of drug-likeness (QED) is 0.691. The molecular formula is C21H26N4O2. The maximum absolute atomic E-state index is 12.6. The number of amides is 2. The first-order valence-corrected chi connectivity index (χ1v) is 9.51. The van der Waals surface area contributed by atoms with Crippen molar-refractivity contribution < 1.29 is 9.59 Å². The molecule has 3 rings (SSSR count). The summed E-state index contributed by atoms with van der Waals surface area (Å²) in [5.74, 6) is -0.198. The van der Waals surface area contributed by atoms with Crippen LogP contribution >= 0.6 is 0 Å². The third kappa shape index (κ3) is 5.81. The molecule has 6 heteroatoms. The van der Waals surface area contributed by atoms with E-state index in [2.05, 4.69) is 20.9 Å². The predicted molar refractivity (Wildman–Crippen MR) is 107 cm³/mol. The van der Waals surface area contributed by atoms with Gasteiger partial charge in [-0.2, -0.15) is 0 Å². The van der Waals surface area contributed by atoms with Gasteiger partial charge in [0.25, 0.3) is 5.91 Å². The summed E-state index contributed by atoms with van der Waals surface area (Å²) < 4.78 is 0. The fourth-order valence-corrected chi connectivity index (χ4v) is 3.37. The van der Waals surface area contributed by atoms with E-state index in [1.807, 2.05) is 24.3 Å². The van der Waals surface area contributed by atoms with E-state index in [-0.39, 0.29) is 17.9 Å². The van der Waals surface area contributed by atoms with E-state index in [9.17, 15) is 9.59 Å². The van der Waals surface area contributed by atoms with Crippen LogP contribution in [0.1, 0.15) is 55.8 Å². The molecule has 27 heavy (non-hydrogen) atoms. The second kappa shape index (κ2) is 9.16. The Morgan fingerprint density at radius 2 is 1.70 bits per heavy atom. The molecule has 1 aromatic carbocycles. The third-order valence-corrected chi connectivity index (χ3v) is 4.66. The molecule has 3 N–H and O–H groups in total. The van der Waals surface area contributed by atoms with Crippen molar-refractivity contribution in [2.24, 2.45) is 0 Å². The minimum Gasteiger partial charge on any atom is -0.354 e. The molecule has 1 aliphatic carbocycles. The zero-order valence-corrected chi connectivity index (χ0v) is 15.6. The molecular weight excluding hydrogens is 340 g/mol. The molecule has 6 nitrogen and oxygen atoms in total. The van der Waals surface area contributed by atoms with Crippen LogP contribution in [0.25, 0.3) is 0 Å². The predicted octanol–water partition coefficient (Wildman–Crippen LogP) is 4.24. The van der Waals surface area contributed by atoms with E-state index in [0.29, 0.717) is 11.3 Å². The summed E-state index contributed by atoms with van der Waals surface area (Å²) in [6, 6.07) is 9.45. The van der Waals surface area contributed by atoms with Crippen LogP contribution in [-0.4, -0.2) is 22.8 Å². The first-order valence-electron chi connectivity index (χ1n) is 9.51. The fraction of sp³-hybridized carbons (Fsp3) is 0.381. The standard InChI is InChI=1S/C21H26N4O2/c1-15(26)23-18-9-6-10-19(12-18)24-20-11-16(13-22-14-20)21(27)25-17-7-4-2-3-5-8-17/h6,9-14,17,24H,2-5,7-8H2,1H3,(H,23,26)(H,25,27). The van der Waals surface area contributed by atoms with Crippen molar-refractivity contribution in [1.82, 2.24) is 10.3 Å². The van der Waals surface area contributed by atoms with Crippen LogP contribution in [0.15, 0.2) is 42.7 Å². The highest BCUT2D eigenvalue weighted by atomic mass is 16.2. The molecule has 0 atom stereocenters. The molecule has 1 fully saturated rings. The van der Waals surface area contributed by atoms with E-state index in [1.54, 1.807) is 18.5 Å². The fourth-order valence-electron chi connectivity index (χ4n) is 3.37. The first kappa shape index (κ1) is 18.9. The van der Waals surface area contributed by atoms with Crippen LogP contribution in [0.2, 0.25) is 0 Å². The lowest BCUT2D eigenvalue weighted by Gasteiger charge is -2.16. The third-order valence-electron chi connectivity index (χ3n) is 4.66. The molecule has 142 valence electrons. The molecule has 1 aliphatic rings. The number of carbonyl (C=O) groups is 2. The van der Waals surface area contributed by atoms with E-state index in [4.69, 9.17) is 0 Å². The van der Waals surface area contributed by atoms with Gasteiger partial charge < -0.3 is 16.0 Å². The summed E-state index contributed by atoms with van der Waals surface area (Å²) >= 11 is 0. The van der Waals surface area contributed by atoms with Crippen molar-refractivity contribution in [2.45, 2.75) is 51.5 Å². The van der Waals surface area contributed by atoms with Gasteiger partial charge in [0, 0.05) is 30.5 Å². The molecule has 0 unspecified atom stereocenters.